The van der Waals surface area contributed by atoms with Gasteiger partial charge in [-0.15, -0.1) is 0 Å². The standard InChI is InChI=1S/C6H10N4/c7-2-4-8-6-1-3-9-10-5-6/h1,3,5H,2,4,7H2,(H,8,9). The molecule has 1 aromatic heterocycles. The van der Waals surface area contributed by atoms with Crippen molar-refractivity contribution in [3.63, 3.8) is 0 Å². The molecule has 0 saturated heterocycles. The number of rotatable bonds is 3. The molecule has 0 aliphatic carbocycles. The van der Waals surface area contributed by atoms with Crippen LogP contribution in [0, 0.1) is 0 Å². The Labute approximate surface area is 59.5 Å². The number of nitrogens with one attached hydrogen (secondary N) is 1. The SMILES string of the molecule is NCCNc1ccnnc1. The van der Waals surface area contributed by atoms with Gasteiger partial charge in [0.25, 0.3) is 0 Å². The zero-order valence-electron chi connectivity index (χ0n) is 5.62. The van der Waals surface area contributed by atoms with Crippen molar-refractivity contribution in [3.8, 4) is 0 Å². The maximum atomic E-state index is 5.28. The molecule has 10 heavy (non-hydrogen) atoms. The molecule has 0 aliphatic rings. The van der Waals surface area contributed by atoms with Gasteiger partial charge in [-0.2, -0.15) is 10.2 Å². The predicted molar refractivity (Wildman–Crippen MR) is 39.6 cm³/mol. The van der Waals surface area contributed by atoms with Gasteiger partial charge in [0.05, 0.1) is 18.1 Å². The molecular formula is C6H10N4. The van der Waals surface area contributed by atoms with Crippen molar-refractivity contribution >= 4 is 5.69 Å². The average Bonchev–Trinajstić information content (AvgIpc) is 2.03. The summed E-state index contributed by atoms with van der Waals surface area (Å²) in [5.41, 5.74) is 6.24. The van der Waals surface area contributed by atoms with Gasteiger partial charge in [-0.1, -0.05) is 0 Å². The van der Waals surface area contributed by atoms with E-state index in [-0.39, 0.29) is 0 Å². The highest BCUT2D eigenvalue weighted by Gasteiger charge is 1.86. The zero-order valence-corrected chi connectivity index (χ0v) is 5.62. The van der Waals surface area contributed by atoms with Crippen LogP contribution in [-0.4, -0.2) is 23.3 Å². The van der Waals surface area contributed by atoms with Crippen LogP contribution in [-0.2, 0) is 0 Å². The Balaban J connectivity index is 2.43. The van der Waals surface area contributed by atoms with Crippen LogP contribution in [0.15, 0.2) is 18.5 Å². The minimum Gasteiger partial charge on any atom is -0.382 e. The highest BCUT2D eigenvalue weighted by Crippen LogP contribution is 1.98. The van der Waals surface area contributed by atoms with E-state index in [2.05, 4.69) is 15.5 Å². The van der Waals surface area contributed by atoms with Crippen LogP contribution in [0.25, 0.3) is 0 Å². The molecule has 1 rings (SSSR count). The molecule has 0 fully saturated rings. The molecule has 0 spiro atoms. The minimum atomic E-state index is 0.627. The number of hydrogen-bond acceptors (Lipinski definition) is 4. The number of aromatic nitrogens is 2. The molecule has 4 nitrogen and oxygen atoms in total. The maximum Gasteiger partial charge on any atom is 0.0727 e. The summed E-state index contributed by atoms with van der Waals surface area (Å²) in [6.45, 7) is 1.40. The van der Waals surface area contributed by atoms with E-state index in [0.29, 0.717) is 6.54 Å². The molecule has 0 atom stereocenters. The van der Waals surface area contributed by atoms with Crippen molar-refractivity contribution in [2.24, 2.45) is 5.73 Å². The van der Waals surface area contributed by atoms with Crippen molar-refractivity contribution in [3.05, 3.63) is 18.5 Å². The third-order valence-corrected chi connectivity index (χ3v) is 1.06. The lowest BCUT2D eigenvalue weighted by Crippen LogP contribution is -2.13. The van der Waals surface area contributed by atoms with Gasteiger partial charge in [0.15, 0.2) is 0 Å². The van der Waals surface area contributed by atoms with Crippen molar-refractivity contribution in [1.29, 1.82) is 0 Å². The van der Waals surface area contributed by atoms with Crippen LogP contribution in [0.4, 0.5) is 5.69 Å². The van der Waals surface area contributed by atoms with Gasteiger partial charge in [-0.3, -0.25) is 0 Å². The molecule has 0 aliphatic heterocycles. The lowest BCUT2D eigenvalue weighted by Gasteiger charge is -2.00. The first-order valence-corrected chi connectivity index (χ1v) is 3.14. The minimum absolute atomic E-state index is 0.627. The number of nitrogens with two attached hydrogens (primary N) is 1. The fourth-order valence-electron chi connectivity index (χ4n) is 0.612. The molecule has 0 unspecified atom stereocenters. The second kappa shape index (κ2) is 3.79. The predicted octanol–water partition coefficient (Wildman–Crippen LogP) is -0.153. The summed E-state index contributed by atoms with van der Waals surface area (Å²) in [5, 5.41) is 10.4. The Hall–Kier alpha value is -1.16. The monoisotopic (exact) mass is 138 g/mol. The van der Waals surface area contributed by atoms with Crippen LogP contribution < -0.4 is 11.1 Å². The Bertz CT molecular complexity index is 174. The smallest absolute Gasteiger partial charge is 0.0727 e. The van der Waals surface area contributed by atoms with Gasteiger partial charge in [0.2, 0.25) is 0 Å². The lowest BCUT2D eigenvalue weighted by atomic mass is 10.4. The van der Waals surface area contributed by atoms with Crippen molar-refractivity contribution in [2.45, 2.75) is 0 Å². The van der Waals surface area contributed by atoms with Gasteiger partial charge in [-0.05, 0) is 6.07 Å². The number of hydrogen-bond donors (Lipinski definition) is 2. The molecule has 1 heterocycles. The van der Waals surface area contributed by atoms with E-state index in [0.717, 1.165) is 12.2 Å². The van der Waals surface area contributed by atoms with E-state index >= 15 is 0 Å². The van der Waals surface area contributed by atoms with Crippen LogP contribution in [0.2, 0.25) is 0 Å². The lowest BCUT2D eigenvalue weighted by molar-refractivity contribution is 0.995. The number of anilines is 1. The van der Waals surface area contributed by atoms with Gasteiger partial charge in [0, 0.05) is 13.1 Å². The van der Waals surface area contributed by atoms with Gasteiger partial charge in [-0.25, -0.2) is 0 Å². The molecule has 1 aromatic rings. The Morgan fingerprint density at radius 3 is 3.00 bits per heavy atom. The Morgan fingerprint density at radius 1 is 1.50 bits per heavy atom. The van der Waals surface area contributed by atoms with Crippen LogP contribution in [0.1, 0.15) is 0 Å². The first kappa shape index (κ1) is 6.95. The van der Waals surface area contributed by atoms with E-state index < -0.39 is 0 Å². The van der Waals surface area contributed by atoms with Crippen molar-refractivity contribution in [1.82, 2.24) is 10.2 Å². The molecule has 54 valence electrons. The molecular weight excluding hydrogens is 128 g/mol. The third kappa shape index (κ3) is 1.99. The van der Waals surface area contributed by atoms with Crippen LogP contribution >= 0.6 is 0 Å². The second-order valence-electron chi connectivity index (χ2n) is 1.85. The second-order valence-corrected chi connectivity index (χ2v) is 1.85. The topological polar surface area (TPSA) is 63.8 Å². The molecule has 0 radical (unpaired) electrons. The highest BCUT2D eigenvalue weighted by atomic mass is 15.1. The van der Waals surface area contributed by atoms with Crippen molar-refractivity contribution < 1.29 is 0 Å². The summed E-state index contributed by atoms with van der Waals surface area (Å²) < 4.78 is 0. The largest absolute Gasteiger partial charge is 0.382 e. The Kier molecular flexibility index (Phi) is 2.63. The quantitative estimate of drug-likeness (QED) is 0.609. The Morgan fingerprint density at radius 2 is 2.40 bits per heavy atom. The third-order valence-electron chi connectivity index (χ3n) is 1.06. The summed E-state index contributed by atoms with van der Waals surface area (Å²) in [6.07, 6.45) is 3.30. The van der Waals surface area contributed by atoms with Gasteiger partial charge in [0.1, 0.15) is 0 Å². The van der Waals surface area contributed by atoms with Gasteiger partial charge >= 0.3 is 0 Å². The van der Waals surface area contributed by atoms with Crippen molar-refractivity contribution in [2.75, 3.05) is 18.4 Å². The maximum absolute atomic E-state index is 5.28. The summed E-state index contributed by atoms with van der Waals surface area (Å²) in [7, 11) is 0. The van der Waals surface area contributed by atoms with E-state index in [1.165, 1.54) is 0 Å². The molecule has 3 N–H and O–H groups in total. The first-order valence-electron chi connectivity index (χ1n) is 3.14. The van der Waals surface area contributed by atoms with E-state index in [1.54, 1.807) is 12.4 Å². The average molecular weight is 138 g/mol. The fourth-order valence-corrected chi connectivity index (χ4v) is 0.612. The normalized spacial score (nSPS) is 9.30. The van der Waals surface area contributed by atoms with E-state index in [4.69, 9.17) is 5.73 Å². The molecule has 0 bridgehead atoms. The fraction of sp³-hybridized carbons (Fsp3) is 0.333. The molecule has 4 heteroatoms. The van der Waals surface area contributed by atoms with E-state index in [1.807, 2.05) is 6.07 Å². The summed E-state index contributed by atoms with van der Waals surface area (Å²) in [4.78, 5) is 0. The molecule has 0 aromatic carbocycles. The summed E-state index contributed by atoms with van der Waals surface area (Å²) in [6, 6.07) is 1.85. The van der Waals surface area contributed by atoms with Crippen LogP contribution in [0.3, 0.4) is 0 Å². The zero-order chi connectivity index (χ0) is 7.23. The number of nitrogens with zero attached hydrogens (tertiary/aromatic N) is 2. The molecule has 0 saturated carbocycles. The van der Waals surface area contributed by atoms with Crippen LogP contribution in [0.5, 0.6) is 0 Å². The van der Waals surface area contributed by atoms with E-state index in [9.17, 15) is 0 Å². The highest BCUT2D eigenvalue weighted by molar-refractivity contribution is 5.38. The molecule has 0 amide bonds. The van der Waals surface area contributed by atoms with Gasteiger partial charge < -0.3 is 11.1 Å². The summed E-state index contributed by atoms with van der Waals surface area (Å²) >= 11 is 0. The summed E-state index contributed by atoms with van der Waals surface area (Å²) in [5.74, 6) is 0. The first-order chi connectivity index (χ1) is 4.93.